The fourth-order valence-corrected chi connectivity index (χ4v) is 4.72. The van der Waals surface area contributed by atoms with Crippen LogP contribution < -0.4 is 14.8 Å². The van der Waals surface area contributed by atoms with Crippen LogP contribution in [0.3, 0.4) is 0 Å². The third-order valence-electron chi connectivity index (χ3n) is 4.48. The molecule has 3 rings (SSSR count). The first-order valence-electron chi connectivity index (χ1n) is 9.96. The van der Waals surface area contributed by atoms with Crippen LogP contribution in [0.1, 0.15) is 36.7 Å². The lowest BCUT2D eigenvalue weighted by Crippen LogP contribution is -2.40. The number of aromatic nitrogens is 2. The highest BCUT2D eigenvalue weighted by Gasteiger charge is 2.32. The number of alkyl halides is 3. The molecular formula is C22H23F3N4O4S. The number of carbonyl (C=O) groups excluding carboxylic acids is 1. The molecule has 182 valence electrons. The minimum atomic E-state index is -4.64. The Kier molecular flexibility index (Phi) is 6.76. The summed E-state index contributed by atoms with van der Waals surface area (Å²) in [4.78, 5) is 12.7. The molecule has 0 radical (unpaired) electrons. The molecule has 34 heavy (non-hydrogen) atoms. The molecule has 2 aromatic carbocycles. The monoisotopic (exact) mass is 496 g/mol. The molecule has 3 aromatic rings. The molecule has 0 unspecified atom stereocenters. The summed E-state index contributed by atoms with van der Waals surface area (Å²) >= 11 is 0. The second kappa shape index (κ2) is 9.11. The highest BCUT2D eigenvalue weighted by atomic mass is 32.2. The molecule has 0 bridgehead atoms. The number of hydrogen-bond donors (Lipinski definition) is 2. The number of hydrogen-bond acceptors (Lipinski definition) is 5. The maximum Gasteiger partial charge on any atom is 0.416 e. The average Bonchev–Trinajstić information content (AvgIpc) is 3.25. The Bertz CT molecular complexity index is 1300. The lowest BCUT2D eigenvalue weighted by Gasteiger charge is -2.21. The second-order valence-corrected chi connectivity index (χ2v) is 10.0. The van der Waals surface area contributed by atoms with Gasteiger partial charge >= 0.3 is 6.18 Å². The van der Waals surface area contributed by atoms with E-state index in [0.29, 0.717) is 0 Å². The Morgan fingerprint density at radius 2 is 1.79 bits per heavy atom. The summed E-state index contributed by atoms with van der Waals surface area (Å²) in [6.07, 6.45) is -1.69. The third-order valence-corrected chi connectivity index (χ3v) is 6.26. The maximum atomic E-state index is 13.3. The molecule has 1 aromatic heterocycles. The number of sulfonamides is 1. The first-order valence-corrected chi connectivity index (χ1v) is 11.4. The van der Waals surface area contributed by atoms with Gasteiger partial charge in [-0.2, -0.15) is 18.3 Å². The van der Waals surface area contributed by atoms with Gasteiger partial charge in [0.15, 0.2) is 0 Å². The van der Waals surface area contributed by atoms with Crippen molar-refractivity contribution in [3.63, 3.8) is 0 Å². The van der Waals surface area contributed by atoms with Crippen LogP contribution >= 0.6 is 0 Å². The summed E-state index contributed by atoms with van der Waals surface area (Å²) < 4.78 is 74.5. The number of amides is 1. The minimum Gasteiger partial charge on any atom is -0.495 e. The predicted molar refractivity (Wildman–Crippen MR) is 120 cm³/mol. The van der Waals surface area contributed by atoms with Gasteiger partial charge < -0.3 is 10.1 Å². The van der Waals surface area contributed by atoms with Crippen molar-refractivity contribution in [1.29, 1.82) is 0 Å². The molecule has 1 amide bonds. The van der Waals surface area contributed by atoms with E-state index in [1.54, 1.807) is 26.8 Å². The topological polar surface area (TPSA) is 102 Å². The molecule has 1 heterocycles. The highest BCUT2D eigenvalue weighted by molar-refractivity contribution is 7.89. The van der Waals surface area contributed by atoms with Gasteiger partial charge in [-0.25, -0.2) is 17.8 Å². The third kappa shape index (κ3) is 5.75. The Hall–Kier alpha value is -3.38. The first-order chi connectivity index (χ1) is 15.7. The standard InChI is InChI=1S/C22H23F3N4O4S/c1-21(2,3)28-34(31,32)19-12-14(6-9-18(19)33-4)20(30)27-16-13-15(22(23,24)25)7-8-17(16)29-11-5-10-26-29/h5-13,28H,1-4H3,(H,27,30). The number of anilines is 1. The normalized spacial score (nSPS) is 12.4. The second-order valence-electron chi connectivity index (χ2n) is 8.36. The van der Waals surface area contributed by atoms with Crippen molar-refractivity contribution in [2.75, 3.05) is 12.4 Å². The van der Waals surface area contributed by atoms with Crippen molar-refractivity contribution in [2.24, 2.45) is 0 Å². The SMILES string of the molecule is COc1ccc(C(=O)Nc2cc(C(F)(F)F)ccc2-n2cccn2)cc1S(=O)(=O)NC(C)(C)C. The van der Waals surface area contributed by atoms with Gasteiger partial charge in [0.05, 0.1) is 24.0 Å². The molecule has 2 N–H and O–H groups in total. The zero-order valence-corrected chi connectivity index (χ0v) is 19.6. The molecule has 0 aliphatic carbocycles. The van der Waals surface area contributed by atoms with E-state index in [2.05, 4.69) is 15.1 Å². The Morgan fingerprint density at radius 1 is 1.09 bits per heavy atom. The van der Waals surface area contributed by atoms with Crippen LogP contribution in [0.25, 0.3) is 5.69 Å². The smallest absolute Gasteiger partial charge is 0.416 e. The van der Waals surface area contributed by atoms with E-state index in [0.717, 1.165) is 18.2 Å². The van der Waals surface area contributed by atoms with Gasteiger partial charge in [0.1, 0.15) is 10.6 Å². The fraction of sp³-hybridized carbons (Fsp3) is 0.273. The number of benzene rings is 2. The van der Waals surface area contributed by atoms with E-state index < -0.39 is 33.2 Å². The van der Waals surface area contributed by atoms with Gasteiger partial charge in [-0.1, -0.05) is 0 Å². The lowest BCUT2D eigenvalue weighted by atomic mass is 10.1. The van der Waals surface area contributed by atoms with E-state index in [1.165, 1.54) is 42.4 Å². The average molecular weight is 497 g/mol. The van der Waals surface area contributed by atoms with Crippen LogP contribution in [0.4, 0.5) is 18.9 Å². The molecule has 12 heteroatoms. The van der Waals surface area contributed by atoms with Crippen molar-refractivity contribution in [1.82, 2.24) is 14.5 Å². The van der Waals surface area contributed by atoms with Crippen molar-refractivity contribution in [3.8, 4) is 11.4 Å². The van der Waals surface area contributed by atoms with Crippen LogP contribution in [-0.4, -0.2) is 36.8 Å². The van der Waals surface area contributed by atoms with Crippen molar-refractivity contribution < 1.29 is 31.1 Å². The first kappa shape index (κ1) is 25.2. The number of nitrogens with zero attached hydrogens (tertiary/aromatic N) is 2. The number of rotatable bonds is 6. The summed E-state index contributed by atoms with van der Waals surface area (Å²) in [6, 6.07) is 8.14. The van der Waals surface area contributed by atoms with E-state index in [9.17, 15) is 26.4 Å². The van der Waals surface area contributed by atoms with E-state index in [-0.39, 0.29) is 27.6 Å². The van der Waals surface area contributed by atoms with Gasteiger partial charge in [0.25, 0.3) is 5.91 Å². The molecule has 0 saturated carbocycles. The van der Waals surface area contributed by atoms with Crippen LogP contribution in [0.5, 0.6) is 5.75 Å². The van der Waals surface area contributed by atoms with E-state index >= 15 is 0 Å². The minimum absolute atomic E-state index is 0.00426. The molecule has 0 fully saturated rings. The summed E-state index contributed by atoms with van der Waals surface area (Å²) in [5.41, 5.74) is -1.83. The zero-order chi connectivity index (χ0) is 25.3. The molecular weight excluding hydrogens is 473 g/mol. The van der Waals surface area contributed by atoms with Crippen molar-refractivity contribution in [3.05, 3.63) is 66.0 Å². The largest absolute Gasteiger partial charge is 0.495 e. The van der Waals surface area contributed by atoms with Crippen LogP contribution in [-0.2, 0) is 16.2 Å². The molecule has 0 aliphatic rings. The van der Waals surface area contributed by atoms with Crippen LogP contribution in [0.2, 0.25) is 0 Å². The Balaban J connectivity index is 2.03. The summed E-state index contributed by atoms with van der Waals surface area (Å²) in [5, 5.41) is 6.44. The number of ether oxygens (including phenoxy) is 1. The summed E-state index contributed by atoms with van der Waals surface area (Å²) in [6.45, 7) is 4.95. The fourth-order valence-electron chi connectivity index (χ4n) is 3.10. The van der Waals surface area contributed by atoms with Crippen molar-refractivity contribution in [2.45, 2.75) is 37.4 Å². The number of nitrogens with one attached hydrogen (secondary N) is 2. The Morgan fingerprint density at radius 3 is 2.35 bits per heavy atom. The highest BCUT2D eigenvalue weighted by Crippen LogP contribution is 2.34. The summed E-state index contributed by atoms with van der Waals surface area (Å²) in [5.74, 6) is -0.813. The number of halogens is 3. The quantitative estimate of drug-likeness (QED) is 0.532. The van der Waals surface area contributed by atoms with Crippen LogP contribution in [0.15, 0.2) is 59.8 Å². The van der Waals surface area contributed by atoms with Gasteiger partial charge in [-0.3, -0.25) is 4.79 Å². The number of carbonyl (C=O) groups is 1. The number of methoxy groups -OCH3 is 1. The van der Waals surface area contributed by atoms with Crippen molar-refractivity contribution >= 4 is 21.6 Å². The van der Waals surface area contributed by atoms with E-state index in [4.69, 9.17) is 4.74 Å². The molecule has 0 aliphatic heterocycles. The van der Waals surface area contributed by atoms with E-state index in [1.807, 2.05) is 0 Å². The molecule has 0 spiro atoms. The molecule has 0 saturated heterocycles. The molecule has 0 atom stereocenters. The molecule has 8 nitrogen and oxygen atoms in total. The maximum absolute atomic E-state index is 13.3. The van der Waals surface area contributed by atoms with Gasteiger partial charge in [0.2, 0.25) is 10.0 Å². The predicted octanol–water partition coefficient (Wildman–Crippen LogP) is 4.23. The zero-order valence-electron chi connectivity index (χ0n) is 18.8. The van der Waals surface area contributed by atoms with Gasteiger partial charge in [-0.05, 0) is 63.2 Å². The van der Waals surface area contributed by atoms with Gasteiger partial charge in [-0.15, -0.1) is 0 Å². The Labute approximate surface area is 194 Å². The summed E-state index contributed by atoms with van der Waals surface area (Å²) in [7, 11) is -2.80. The lowest BCUT2D eigenvalue weighted by molar-refractivity contribution is -0.137. The van der Waals surface area contributed by atoms with Crippen LogP contribution in [0, 0.1) is 0 Å². The van der Waals surface area contributed by atoms with Gasteiger partial charge in [0, 0.05) is 23.5 Å².